The summed E-state index contributed by atoms with van der Waals surface area (Å²) in [6.07, 6.45) is 6.68. The number of aryl methyl sites for hydroxylation is 1. The first kappa shape index (κ1) is 32.3. The molecule has 4 aromatic rings. The molecular formula is C36H38ClN7O3. The number of nitrogens with one attached hydrogen (secondary N) is 2. The molecule has 47 heavy (non-hydrogen) atoms. The van der Waals surface area contributed by atoms with Crippen LogP contribution in [0.25, 0.3) is 10.9 Å². The molecule has 2 N–H and O–H groups in total. The highest BCUT2D eigenvalue weighted by Crippen LogP contribution is 2.39. The van der Waals surface area contributed by atoms with Crippen molar-refractivity contribution < 1.29 is 14.3 Å². The molecule has 242 valence electrons. The second-order valence-corrected chi connectivity index (χ2v) is 11.9. The number of carbonyl (C=O) groups excluding carboxylic acids is 1. The molecule has 2 aromatic heterocycles. The fourth-order valence-electron chi connectivity index (χ4n) is 6.04. The second-order valence-electron chi connectivity index (χ2n) is 11.4. The van der Waals surface area contributed by atoms with Gasteiger partial charge in [0, 0.05) is 55.6 Å². The third-order valence-electron chi connectivity index (χ3n) is 8.44. The number of ether oxygens (including phenoxy) is 2. The van der Waals surface area contributed by atoms with Crippen molar-refractivity contribution in [1.82, 2.24) is 14.9 Å². The minimum atomic E-state index is -0.273. The van der Waals surface area contributed by atoms with Crippen LogP contribution in [0.1, 0.15) is 36.4 Å². The summed E-state index contributed by atoms with van der Waals surface area (Å²) in [4.78, 5) is 26.9. The maximum absolute atomic E-state index is 13.0. The minimum absolute atomic E-state index is 0.273. The highest BCUT2D eigenvalue weighted by Gasteiger charge is 2.21. The van der Waals surface area contributed by atoms with E-state index < -0.39 is 0 Å². The summed E-state index contributed by atoms with van der Waals surface area (Å²) in [7, 11) is 0. The number of pyridine rings is 2. The molecule has 0 saturated carbocycles. The molecule has 0 aliphatic carbocycles. The Bertz CT molecular complexity index is 1850. The second kappa shape index (κ2) is 14.8. The molecule has 0 spiro atoms. The number of nitriles is 1. The summed E-state index contributed by atoms with van der Waals surface area (Å²) >= 11 is 6.88. The van der Waals surface area contributed by atoms with Crippen molar-refractivity contribution in [3.05, 3.63) is 88.4 Å². The number of hydrogen-bond acceptors (Lipinski definition) is 9. The molecule has 0 radical (unpaired) electrons. The molecule has 4 heterocycles. The minimum Gasteiger partial charge on any atom is -0.492 e. The number of nitrogens with zero attached hydrogens (tertiary/aromatic N) is 5. The van der Waals surface area contributed by atoms with Crippen LogP contribution in [0.5, 0.6) is 5.75 Å². The predicted molar refractivity (Wildman–Crippen MR) is 186 cm³/mol. The quantitative estimate of drug-likeness (QED) is 0.192. The lowest BCUT2D eigenvalue weighted by atomic mass is 10.0. The summed E-state index contributed by atoms with van der Waals surface area (Å²) in [6, 6.07) is 15.9. The van der Waals surface area contributed by atoms with Crippen LogP contribution in [0.2, 0.25) is 5.02 Å². The number of amides is 1. The molecule has 0 atom stereocenters. The number of hydrogen-bond donors (Lipinski definition) is 2. The van der Waals surface area contributed by atoms with Gasteiger partial charge in [-0.05, 0) is 55.7 Å². The number of aromatic nitrogens is 2. The van der Waals surface area contributed by atoms with Crippen molar-refractivity contribution >= 4 is 51.2 Å². The van der Waals surface area contributed by atoms with Crippen LogP contribution < -0.4 is 20.3 Å². The van der Waals surface area contributed by atoms with Crippen molar-refractivity contribution in [3.63, 3.8) is 0 Å². The van der Waals surface area contributed by atoms with Gasteiger partial charge in [-0.3, -0.25) is 19.7 Å². The molecule has 1 amide bonds. The van der Waals surface area contributed by atoms with Crippen LogP contribution in [-0.4, -0.2) is 66.8 Å². The number of benzene rings is 2. The van der Waals surface area contributed by atoms with Crippen molar-refractivity contribution in [3.8, 4) is 11.8 Å². The molecule has 10 nitrogen and oxygen atoms in total. The maximum atomic E-state index is 13.0. The smallest absolute Gasteiger partial charge is 0.248 e. The average Bonchev–Trinajstić information content (AvgIpc) is 3.09. The molecule has 11 heteroatoms. The van der Waals surface area contributed by atoms with E-state index in [4.69, 9.17) is 26.1 Å². The van der Waals surface area contributed by atoms with Crippen LogP contribution in [-0.2, 0) is 28.9 Å². The van der Waals surface area contributed by atoms with E-state index in [1.165, 1.54) is 11.6 Å². The maximum Gasteiger partial charge on any atom is 0.248 e. The van der Waals surface area contributed by atoms with Gasteiger partial charge in [0.25, 0.3) is 0 Å². The SMILES string of the molecule is CCOc1cc2nc(CC)c(C#N)c(Nc3ccc(N4CCc5cccnc5C4)c(Cl)c3)c2cc1NC(=O)/C=C/CN1CCOCC1. The Hall–Kier alpha value is -4.69. The van der Waals surface area contributed by atoms with Gasteiger partial charge in [0.2, 0.25) is 5.91 Å². The molecular weight excluding hydrogens is 614 g/mol. The molecule has 1 saturated heterocycles. The molecule has 2 aliphatic rings. The first-order valence-electron chi connectivity index (χ1n) is 16.0. The lowest BCUT2D eigenvalue weighted by Gasteiger charge is -2.30. The van der Waals surface area contributed by atoms with Gasteiger partial charge in [0.05, 0.1) is 70.9 Å². The van der Waals surface area contributed by atoms with E-state index in [2.05, 4.69) is 37.6 Å². The van der Waals surface area contributed by atoms with Gasteiger partial charge in [-0.1, -0.05) is 30.7 Å². The van der Waals surface area contributed by atoms with Gasteiger partial charge in [-0.15, -0.1) is 0 Å². The van der Waals surface area contributed by atoms with Gasteiger partial charge in [0.15, 0.2) is 0 Å². The Morgan fingerprint density at radius 1 is 1.17 bits per heavy atom. The van der Waals surface area contributed by atoms with Gasteiger partial charge in [0.1, 0.15) is 11.8 Å². The number of morpholine rings is 1. The van der Waals surface area contributed by atoms with E-state index >= 15 is 0 Å². The van der Waals surface area contributed by atoms with Crippen LogP contribution in [0, 0.1) is 11.3 Å². The first-order chi connectivity index (χ1) is 23.0. The zero-order valence-electron chi connectivity index (χ0n) is 26.7. The Morgan fingerprint density at radius 3 is 2.79 bits per heavy atom. The Morgan fingerprint density at radius 2 is 2.02 bits per heavy atom. The molecule has 0 bridgehead atoms. The zero-order chi connectivity index (χ0) is 32.8. The molecule has 6 rings (SSSR count). The van der Waals surface area contributed by atoms with Crippen LogP contribution in [0.15, 0.2) is 60.8 Å². The van der Waals surface area contributed by atoms with Crippen molar-refractivity contribution in [2.75, 3.05) is 61.5 Å². The summed E-state index contributed by atoms with van der Waals surface area (Å²) in [5, 5.41) is 18.0. The van der Waals surface area contributed by atoms with Crippen LogP contribution in [0.4, 0.5) is 22.7 Å². The standard InChI is InChI=1S/C36H38ClN7O3/c1-3-29-27(22-38)36(40-25-9-10-33(28(37)19-25)44-14-11-24-7-5-12-39-32(24)23-44)26-20-31(34(47-4-2)21-30(26)41-29)42-35(45)8-6-13-43-15-17-46-18-16-43/h5-10,12,19-21H,3-4,11,13-18,23H2,1-2H3,(H,40,41)(H,42,45)/b8-6+. The highest BCUT2D eigenvalue weighted by atomic mass is 35.5. The van der Waals surface area contributed by atoms with Crippen molar-refractivity contribution in [2.45, 2.75) is 33.2 Å². The average molecular weight is 652 g/mol. The van der Waals surface area contributed by atoms with Crippen molar-refractivity contribution in [2.24, 2.45) is 0 Å². The lowest BCUT2D eigenvalue weighted by molar-refractivity contribution is -0.111. The summed E-state index contributed by atoms with van der Waals surface area (Å²) < 4.78 is 11.3. The fraction of sp³-hybridized carbons (Fsp3) is 0.333. The Labute approximate surface area is 280 Å². The first-order valence-corrected chi connectivity index (χ1v) is 16.4. The number of halogens is 1. The van der Waals surface area contributed by atoms with Gasteiger partial charge in [-0.2, -0.15) is 5.26 Å². The van der Waals surface area contributed by atoms with Crippen molar-refractivity contribution in [1.29, 1.82) is 5.26 Å². The third-order valence-corrected chi connectivity index (χ3v) is 8.74. The number of anilines is 4. The molecule has 2 aliphatic heterocycles. The Kier molecular flexibility index (Phi) is 10.2. The van der Waals surface area contributed by atoms with E-state index in [-0.39, 0.29) is 5.91 Å². The summed E-state index contributed by atoms with van der Waals surface area (Å²) in [5.41, 5.74) is 6.82. The number of fused-ring (bicyclic) bond motifs is 2. The van der Waals surface area contributed by atoms with E-state index in [1.54, 1.807) is 0 Å². The van der Waals surface area contributed by atoms with Gasteiger partial charge >= 0.3 is 0 Å². The fourth-order valence-corrected chi connectivity index (χ4v) is 6.34. The monoisotopic (exact) mass is 651 g/mol. The van der Waals surface area contributed by atoms with E-state index in [0.29, 0.717) is 83.6 Å². The largest absolute Gasteiger partial charge is 0.492 e. The normalized spacial score (nSPS) is 15.0. The zero-order valence-corrected chi connectivity index (χ0v) is 27.4. The number of rotatable bonds is 10. The summed E-state index contributed by atoms with van der Waals surface area (Å²) in [6.45, 7) is 9.55. The van der Waals surface area contributed by atoms with E-state index in [0.717, 1.165) is 43.1 Å². The predicted octanol–water partition coefficient (Wildman–Crippen LogP) is 6.25. The third kappa shape index (κ3) is 7.33. The van der Waals surface area contributed by atoms with Crippen LogP contribution >= 0.6 is 11.6 Å². The topological polar surface area (TPSA) is 116 Å². The van der Waals surface area contributed by atoms with Crippen LogP contribution in [0.3, 0.4) is 0 Å². The molecule has 2 aromatic carbocycles. The Balaban J connectivity index is 1.30. The molecule has 1 fully saturated rings. The van der Waals surface area contributed by atoms with E-state index in [9.17, 15) is 10.1 Å². The van der Waals surface area contributed by atoms with Gasteiger partial charge < -0.3 is 25.0 Å². The lowest BCUT2D eigenvalue weighted by Crippen LogP contribution is -2.36. The highest BCUT2D eigenvalue weighted by molar-refractivity contribution is 6.33. The molecule has 0 unspecified atom stereocenters. The summed E-state index contributed by atoms with van der Waals surface area (Å²) in [5.74, 6) is 0.231. The number of carbonyl (C=O) groups is 1. The van der Waals surface area contributed by atoms with Gasteiger partial charge in [-0.25, -0.2) is 0 Å². The van der Waals surface area contributed by atoms with E-state index in [1.807, 2.05) is 62.5 Å².